The van der Waals surface area contributed by atoms with E-state index in [1.54, 1.807) is 12.2 Å². The van der Waals surface area contributed by atoms with E-state index >= 15 is 0 Å². The highest BCUT2D eigenvalue weighted by Gasteiger charge is 2.39. The number of hydrogen-bond acceptors (Lipinski definition) is 8. The number of hydrogen-bond donors (Lipinski definition) is 3. The first-order chi connectivity index (χ1) is 20.7. The Hall–Kier alpha value is -2.03. The zero-order valence-corrected chi connectivity index (χ0v) is 27.1. The first-order valence-corrected chi connectivity index (χ1v) is 16.9. The molecule has 248 valence electrons. The second kappa shape index (κ2) is 24.3. The molecule has 1 rings (SSSR count). The van der Waals surface area contributed by atoms with Crippen molar-refractivity contribution in [3.63, 3.8) is 0 Å². The van der Waals surface area contributed by atoms with Crippen LogP contribution in [0.25, 0.3) is 0 Å². The predicted octanol–water partition coefficient (Wildman–Crippen LogP) is 6.39. The predicted molar refractivity (Wildman–Crippen MR) is 169 cm³/mol. The summed E-state index contributed by atoms with van der Waals surface area (Å²) in [6, 6.07) is 0. The van der Waals surface area contributed by atoms with Gasteiger partial charge in [-0.05, 0) is 38.0 Å². The Morgan fingerprint density at radius 1 is 0.930 bits per heavy atom. The van der Waals surface area contributed by atoms with Crippen LogP contribution in [0.2, 0.25) is 0 Å². The molecule has 0 aliphatic heterocycles. The first-order valence-electron chi connectivity index (χ1n) is 16.9. The summed E-state index contributed by atoms with van der Waals surface area (Å²) >= 11 is 0. The lowest BCUT2D eigenvalue weighted by atomic mass is 9.90. The van der Waals surface area contributed by atoms with Gasteiger partial charge in [0.05, 0.1) is 18.8 Å². The standard InChI is InChI=1S/C35H60O8/c1-4-5-12-18-28(37)22-23-31-30(32(38)24-33(31)39)19-14-10-11-15-20-34(40)42-26-29(25-36)43-35(41)21-16-9-7-6-8-13-17-27(2)3/h10,14,22-23,27-32,36-38H,4-9,11-13,15-21,24-26H2,1-3H3/b14-10-,23-22+/t28-,29-,30+,31+,32-/m0/s1. The number of esters is 2. The first kappa shape index (κ1) is 39.0. The van der Waals surface area contributed by atoms with Crippen molar-refractivity contribution < 1.29 is 39.2 Å². The van der Waals surface area contributed by atoms with Gasteiger partial charge in [0.1, 0.15) is 12.4 Å². The number of aliphatic hydroxyl groups is 3. The van der Waals surface area contributed by atoms with Gasteiger partial charge in [-0.3, -0.25) is 14.4 Å². The molecular weight excluding hydrogens is 548 g/mol. The number of unbranched alkanes of at least 4 members (excludes halogenated alkanes) is 8. The van der Waals surface area contributed by atoms with Crippen LogP contribution in [0, 0.1) is 17.8 Å². The molecule has 0 aromatic heterocycles. The van der Waals surface area contributed by atoms with Gasteiger partial charge < -0.3 is 24.8 Å². The Bertz CT molecular complexity index is 821. The van der Waals surface area contributed by atoms with Crippen molar-refractivity contribution in [2.24, 2.45) is 17.8 Å². The monoisotopic (exact) mass is 608 g/mol. The molecule has 1 fully saturated rings. The van der Waals surface area contributed by atoms with Crippen LogP contribution in [-0.2, 0) is 23.9 Å². The van der Waals surface area contributed by atoms with Gasteiger partial charge in [0.25, 0.3) is 0 Å². The van der Waals surface area contributed by atoms with Gasteiger partial charge in [-0.15, -0.1) is 0 Å². The highest BCUT2D eigenvalue weighted by Crippen LogP contribution is 2.33. The maximum atomic E-state index is 12.4. The summed E-state index contributed by atoms with van der Waals surface area (Å²) in [5, 5.41) is 30.0. The molecule has 8 heteroatoms. The molecule has 0 saturated heterocycles. The van der Waals surface area contributed by atoms with Gasteiger partial charge in [-0.25, -0.2) is 0 Å². The summed E-state index contributed by atoms with van der Waals surface area (Å²) in [5.41, 5.74) is 0. The molecule has 5 atom stereocenters. The van der Waals surface area contributed by atoms with E-state index < -0.39 is 36.8 Å². The highest BCUT2D eigenvalue weighted by atomic mass is 16.6. The van der Waals surface area contributed by atoms with E-state index in [-0.39, 0.29) is 37.1 Å². The second-order valence-electron chi connectivity index (χ2n) is 12.5. The number of ketones is 1. The molecular formula is C35H60O8. The third kappa shape index (κ3) is 19.1. The van der Waals surface area contributed by atoms with Crippen molar-refractivity contribution in [3.05, 3.63) is 24.3 Å². The SMILES string of the molecule is CCCCC[C@H](O)/C=C/[C@H]1C(=O)C[C@H](O)[C@@H]1C/C=C\CCCC(=O)OC[C@H](CO)OC(=O)CCCCCCCCC(C)C. The van der Waals surface area contributed by atoms with Crippen LogP contribution in [0.1, 0.15) is 130 Å². The zero-order chi connectivity index (χ0) is 31.9. The summed E-state index contributed by atoms with van der Waals surface area (Å²) < 4.78 is 10.5. The lowest BCUT2D eigenvalue weighted by Gasteiger charge is -2.17. The molecule has 1 saturated carbocycles. The summed E-state index contributed by atoms with van der Waals surface area (Å²) in [5.74, 6) is -0.660. The Morgan fingerprint density at radius 3 is 2.30 bits per heavy atom. The van der Waals surface area contributed by atoms with Gasteiger partial charge in [-0.1, -0.05) is 103 Å². The Morgan fingerprint density at radius 2 is 1.60 bits per heavy atom. The van der Waals surface area contributed by atoms with E-state index in [1.165, 1.54) is 25.7 Å². The van der Waals surface area contributed by atoms with E-state index in [4.69, 9.17) is 9.47 Å². The topological polar surface area (TPSA) is 130 Å². The molecule has 3 N–H and O–H groups in total. The average molecular weight is 609 g/mol. The number of carbonyl (C=O) groups excluding carboxylic acids is 3. The maximum absolute atomic E-state index is 12.4. The van der Waals surface area contributed by atoms with Gasteiger partial charge in [0.15, 0.2) is 6.10 Å². The minimum atomic E-state index is -0.854. The molecule has 0 spiro atoms. The van der Waals surface area contributed by atoms with Gasteiger partial charge in [0, 0.05) is 31.1 Å². The second-order valence-corrected chi connectivity index (χ2v) is 12.5. The smallest absolute Gasteiger partial charge is 0.306 e. The molecule has 0 radical (unpaired) electrons. The summed E-state index contributed by atoms with van der Waals surface area (Å²) in [6.45, 7) is 6.02. The van der Waals surface area contributed by atoms with Crippen molar-refractivity contribution in [1.82, 2.24) is 0 Å². The minimum Gasteiger partial charge on any atom is -0.462 e. The molecule has 0 heterocycles. The van der Waals surface area contributed by atoms with Crippen LogP contribution in [0.5, 0.6) is 0 Å². The third-order valence-corrected chi connectivity index (χ3v) is 8.05. The number of rotatable bonds is 25. The quantitative estimate of drug-likeness (QED) is 0.0617. The Balaban J connectivity index is 2.23. The molecule has 43 heavy (non-hydrogen) atoms. The van der Waals surface area contributed by atoms with E-state index in [0.29, 0.717) is 32.1 Å². The molecule has 0 aromatic rings. The van der Waals surface area contributed by atoms with E-state index in [2.05, 4.69) is 20.8 Å². The van der Waals surface area contributed by atoms with E-state index in [9.17, 15) is 29.7 Å². The summed E-state index contributed by atoms with van der Waals surface area (Å²) in [7, 11) is 0. The largest absolute Gasteiger partial charge is 0.462 e. The van der Waals surface area contributed by atoms with Crippen LogP contribution in [-0.4, -0.2) is 64.6 Å². The lowest BCUT2D eigenvalue weighted by molar-refractivity contribution is -0.161. The minimum absolute atomic E-state index is 0.000388. The number of ether oxygens (including phenoxy) is 2. The van der Waals surface area contributed by atoms with Gasteiger partial charge in [0.2, 0.25) is 0 Å². The number of carbonyl (C=O) groups is 3. The fourth-order valence-corrected chi connectivity index (χ4v) is 5.36. The molecule has 0 bridgehead atoms. The van der Waals surface area contributed by atoms with Gasteiger partial charge in [-0.2, -0.15) is 0 Å². The molecule has 8 nitrogen and oxygen atoms in total. The zero-order valence-electron chi connectivity index (χ0n) is 27.1. The molecule has 0 aromatic carbocycles. The number of Topliss-reactive ketones (excluding diaryl/α,β-unsaturated/α-hetero) is 1. The molecule has 0 amide bonds. The molecule has 1 aliphatic rings. The van der Waals surface area contributed by atoms with Crippen molar-refractivity contribution in [1.29, 1.82) is 0 Å². The van der Waals surface area contributed by atoms with E-state index in [1.807, 2.05) is 12.2 Å². The Labute approximate surface area is 260 Å². The van der Waals surface area contributed by atoms with Crippen molar-refractivity contribution >= 4 is 17.7 Å². The van der Waals surface area contributed by atoms with Crippen LogP contribution in [0.15, 0.2) is 24.3 Å². The van der Waals surface area contributed by atoms with Crippen LogP contribution in [0.4, 0.5) is 0 Å². The average Bonchev–Trinajstić information content (AvgIpc) is 3.24. The third-order valence-electron chi connectivity index (χ3n) is 8.05. The normalized spacial score (nSPS) is 20.3. The summed E-state index contributed by atoms with van der Waals surface area (Å²) in [6.07, 6.45) is 19.1. The maximum Gasteiger partial charge on any atom is 0.306 e. The van der Waals surface area contributed by atoms with Crippen LogP contribution < -0.4 is 0 Å². The van der Waals surface area contributed by atoms with Crippen LogP contribution >= 0.6 is 0 Å². The lowest BCUT2D eigenvalue weighted by Crippen LogP contribution is -2.28. The molecule has 1 aliphatic carbocycles. The van der Waals surface area contributed by atoms with Gasteiger partial charge >= 0.3 is 11.9 Å². The van der Waals surface area contributed by atoms with E-state index in [0.717, 1.165) is 44.4 Å². The highest BCUT2D eigenvalue weighted by molar-refractivity contribution is 5.86. The summed E-state index contributed by atoms with van der Waals surface area (Å²) in [4.78, 5) is 36.6. The van der Waals surface area contributed by atoms with Crippen LogP contribution in [0.3, 0.4) is 0 Å². The molecule has 0 unspecified atom stereocenters. The fourth-order valence-electron chi connectivity index (χ4n) is 5.36. The fraction of sp³-hybridized carbons (Fsp3) is 0.800. The Kier molecular flexibility index (Phi) is 22.0. The number of allylic oxidation sites excluding steroid dienone is 3. The van der Waals surface area contributed by atoms with Crippen molar-refractivity contribution in [2.45, 2.75) is 148 Å². The number of aliphatic hydroxyl groups excluding tert-OH is 3. The van der Waals surface area contributed by atoms with Crippen molar-refractivity contribution in [3.8, 4) is 0 Å². The van der Waals surface area contributed by atoms with Crippen molar-refractivity contribution in [2.75, 3.05) is 13.2 Å².